The number of aryl methyl sites for hydroxylation is 1. The number of carbonyl (C=O) groups excluding carboxylic acids is 3. The summed E-state index contributed by atoms with van der Waals surface area (Å²) in [6.45, 7) is 1.63. The molecule has 1 aliphatic rings. The zero-order valence-electron chi connectivity index (χ0n) is 17.3. The Morgan fingerprint density at radius 3 is 2.55 bits per heavy atom. The minimum absolute atomic E-state index is 0.307. The van der Waals surface area contributed by atoms with Crippen molar-refractivity contribution in [1.29, 1.82) is 0 Å². The van der Waals surface area contributed by atoms with Gasteiger partial charge in [-0.2, -0.15) is 0 Å². The normalized spacial score (nSPS) is 15.2. The van der Waals surface area contributed by atoms with Crippen molar-refractivity contribution in [3.8, 4) is 5.75 Å². The number of nitrogens with one attached hydrogen (secondary N) is 1. The second-order valence-electron chi connectivity index (χ2n) is 7.12. The summed E-state index contributed by atoms with van der Waals surface area (Å²) in [7, 11) is 3.52. The quantitative estimate of drug-likeness (QED) is 0.609. The van der Waals surface area contributed by atoms with Crippen molar-refractivity contribution in [3.63, 3.8) is 0 Å². The lowest BCUT2D eigenvalue weighted by Crippen LogP contribution is -2.36. The maximum Gasteiger partial charge on any atom is 0.294 e. The third kappa shape index (κ3) is 3.94. The molecular weight excluding hydrogens is 414 g/mol. The number of rotatable bonds is 5. The van der Waals surface area contributed by atoms with Crippen molar-refractivity contribution in [1.82, 2.24) is 9.47 Å². The van der Waals surface area contributed by atoms with Crippen molar-refractivity contribution in [2.75, 3.05) is 19.0 Å². The average Bonchev–Trinajstić information content (AvgIpc) is 3.17. The summed E-state index contributed by atoms with van der Waals surface area (Å²) < 4.78 is 7.14. The number of benzene rings is 2. The van der Waals surface area contributed by atoms with Crippen LogP contribution in [0.2, 0.25) is 0 Å². The zero-order valence-corrected chi connectivity index (χ0v) is 18.2. The van der Waals surface area contributed by atoms with E-state index in [2.05, 4.69) is 5.32 Å². The third-order valence-corrected chi connectivity index (χ3v) is 6.18. The largest absolute Gasteiger partial charge is 0.497 e. The molecule has 1 N–H and O–H groups in total. The van der Waals surface area contributed by atoms with Crippen molar-refractivity contribution in [2.24, 2.45) is 7.05 Å². The number of aromatic nitrogens is 1. The number of amides is 3. The van der Waals surface area contributed by atoms with E-state index in [1.807, 2.05) is 42.8 Å². The van der Waals surface area contributed by atoms with Gasteiger partial charge < -0.3 is 14.6 Å². The second kappa shape index (κ2) is 8.31. The van der Waals surface area contributed by atoms with E-state index in [4.69, 9.17) is 4.74 Å². The van der Waals surface area contributed by atoms with Crippen molar-refractivity contribution in [3.05, 3.63) is 64.7 Å². The second-order valence-corrected chi connectivity index (χ2v) is 8.11. The van der Waals surface area contributed by atoms with Crippen molar-refractivity contribution in [2.45, 2.75) is 6.92 Å². The highest BCUT2D eigenvalue weighted by Gasteiger charge is 2.36. The minimum Gasteiger partial charge on any atom is -0.497 e. The first-order valence-electron chi connectivity index (χ1n) is 9.62. The van der Waals surface area contributed by atoms with Crippen LogP contribution in [0, 0.1) is 6.92 Å². The molecule has 0 bridgehead atoms. The molecule has 3 aromatic rings. The van der Waals surface area contributed by atoms with Gasteiger partial charge in [0.05, 0.1) is 12.0 Å². The van der Waals surface area contributed by atoms with Gasteiger partial charge in [-0.1, -0.05) is 18.2 Å². The van der Waals surface area contributed by atoms with E-state index in [9.17, 15) is 14.4 Å². The summed E-state index contributed by atoms with van der Waals surface area (Å²) in [5.41, 5.74) is 3.49. The molecule has 0 spiro atoms. The van der Waals surface area contributed by atoms with Crippen LogP contribution in [0.25, 0.3) is 17.0 Å². The first-order valence-corrected chi connectivity index (χ1v) is 10.4. The van der Waals surface area contributed by atoms with Crippen LogP contribution in [0.4, 0.5) is 10.5 Å². The van der Waals surface area contributed by atoms with Crippen LogP contribution in [-0.2, 0) is 16.6 Å². The molecule has 8 heteroatoms. The number of anilines is 1. The Morgan fingerprint density at radius 2 is 1.84 bits per heavy atom. The number of ether oxygens (including phenoxy) is 1. The molecule has 0 saturated carbocycles. The smallest absolute Gasteiger partial charge is 0.294 e. The Hall–Kier alpha value is -3.52. The van der Waals surface area contributed by atoms with Crippen molar-refractivity contribution < 1.29 is 19.1 Å². The van der Waals surface area contributed by atoms with Gasteiger partial charge in [0.2, 0.25) is 5.91 Å². The fourth-order valence-electron chi connectivity index (χ4n) is 3.52. The number of hydrogen-bond acceptors (Lipinski definition) is 5. The third-order valence-electron chi connectivity index (χ3n) is 5.27. The van der Waals surface area contributed by atoms with Crippen LogP contribution in [-0.4, -0.2) is 40.2 Å². The van der Waals surface area contributed by atoms with E-state index in [-0.39, 0.29) is 6.54 Å². The molecular formula is C23H21N3O4S. The van der Waals surface area contributed by atoms with Crippen LogP contribution in [0.15, 0.2) is 53.4 Å². The number of hydrogen-bond donors (Lipinski definition) is 1. The van der Waals surface area contributed by atoms with Gasteiger partial charge in [-0.15, -0.1) is 0 Å². The van der Waals surface area contributed by atoms with Crippen LogP contribution in [0.3, 0.4) is 0 Å². The van der Waals surface area contributed by atoms with Crippen LogP contribution in [0.5, 0.6) is 5.75 Å². The summed E-state index contributed by atoms with van der Waals surface area (Å²) in [6.07, 6.45) is 1.74. The lowest BCUT2D eigenvalue weighted by atomic mass is 10.1. The standard InChI is InChI=1S/C23H21N3O4S/c1-14-18(17-6-4-5-7-19(17)25(14)2)12-20-22(28)26(23(29)31-20)13-21(27)24-15-8-10-16(30-3)11-9-15/h4-12H,13H2,1-3H3,(H,24,27)/b20-12-. The monoisotopic (exact) mass is 435 g/mol. The summed E-state index contributed by atoms with van der Waals surface area (Å²) in [6, 6.07) is 14.7. The molecule has 1 aromatic heterocycles. The summed E-state index contributed by atoms with van der Waals surface area (Å²) in [5, 5.41) is 3.24. The fourth-order valence-corrected chi connectivity index (χ4v) is 4.34. The van der Waals surface area contributed by atoms with Gasteiger partial charge in [-0.05, 0) is 55.1 Å². The Kier molecular flexibility index (Phi) is 5.56. The average molecular weight is 436 g/mol. The molecule has 0 atom stereocenters. The SMILES string of the molecule is COc1ccc(NC(=O)CN2C(=O)S/C(=C\c3c(C)n(C)c4ccccc34)C2=O)cc1. The first-order chi connectivity index (χ1) is 14.9. The lowest BCUT2D eigenvalue weighted by molar-refractivity contribution is -0.127. The highest BCUT2D eigenvalue weighted by Crippen LogP contribution is 2.35. The van der Waals surface area contributed by atoms with E-state index < -0.39 is 17.1 Å². The Labute approximate surface area is 183 Å². The zero-order chi connectivity index (χ0) is 22.1. The van der Waals surface area contributed by atoms with E-state index in [1.54, 1.807) is 37.5 Å². The summed E-state index contributed by atoms with van der Waals surface area (Å²) in [5.74, 6) is -0.250. The van der Waals surface area contributed by atoms with Crippen molar-refractivity contribution >= 4 is 51.5 Å². The minimum atomic E-state index is -0.466. The molecule has 0 unspecified atom stereocenters. The van der Waals surface area contributed by atoms with Gasteiger partial charge in [-0.25, -0.2) is 0 Å². The fraction of sp³-hybridized carbons (Fsp3) is 0.174. The maximum absolute atomic E-state index is 12.9. The predicted octanol–water partition coefficient (Wildman–Crippen LogP) is 4.17. The molecule has 1 aliphatic heterocycles. The number of fused-ring (bicyclic) bond motifs is 1. The van der Waals surface area contributed by atoms with Gasteiger partial charge >= 0.3 is 0 Å². The molecule has 2 heterocycles. The lowest BCUT2D eigenvalue weighted by Gasteiger charge is -2.12. The van der Waals surface area contributed by atoms with E-state index in [0.717, 1.165) is 38.8 Å². The highest BCUT2D eigenvalue weighted by molar-refractivity contribution is 8.18. The summed E-state index contributed by atoms with van der Waals surface area (Å²) >= 11 is 0.849. The molecule has 31 heavy (non-hydrogen) atoms. The number of carbonyl (C=O) groups is 3. The van der Waals surface area contributed by atoms with E-state index in [0.29, 0.717) is 16.3 Å². The van der Waals surface area contributed by atoms with Crippen LogP contribution in [0.1, 0.15) is 11.3 Å². The van der Waals surface area contributed by atoms with Gasteiger partial charge in [-0.3, -0.25) is 19.3 Å². The Morgan fingerprint density at radius 1 is 1.13 bits per heavy atom. The molecule has 0 aliphatic carbocycles. The van der Waals surface area contributed by atoms with E-state index in [1.165, 1.54) is 0 Å². The maximum atomic E-state index is 12.9. The highest BCUT2D eigenvalue weighted by atomic mass is 32.2. The first kappa shape index (κ1) is 20.7. The van der Waals surface area contributed by atoms with Gasteiger partial charge in [0, 0.05) is 34.9 Å². The number of nitrogens with zero attached hydrogens (tertiary/aromatic N) is 2. The van der Waals surface area contributed by atoms with Gasteiger partial charge in [0.25, 0.3) is 11.1 Å². The van der Waals surface area contributed by atoms with Crippen LogP contribution >= 0.6 is 11.8 Å². The molecule has 2 aromatic carbocycles. The van der Waals surface area contributed by atoms with Gasteiger partial charge in [0.1, 0.15) is 12.3 Å². The Bertz CT molecular complexity index is 1230. The molecule has 158 valence electrons. The molecule has 1 fully saturated rings. The van der Waals surface area contributed by atoms with Gasteiger partial charge in [0.15, 0.2) is 0 Å². The number of para-hydroxylation sites is 1. The molecule has 3 amide bonds. The molecule has 1 saturated heterocycles. The number of thioether (sulfide) groups is 1. The Balaban J connectivity index is 1.53. The predicted molar refractivity (Wildman–Crippen MR) is 122 cm³/mol. The topological polar surface area (TPSA) is 80.6 Å². The summed E-state index contributed by atoms with van der Waals surface area (Å²) in [4.78, 5) is 39.0. The van der Waals surface area contributed by atoms with Crippen LogP contribution < -0.4 is 10.1 Å². The number of methoxy groups -OCH3 is 1. The molecule has 4 rings (SSSR count). The molecule has 7 nitrogen and oxygen atoms in total. The van der Waals surface area contributed by atoms with E-state index >= 15 is 0 Å². The number of imide groups is 1. The molecule has 0 radical (unpaired) electrons.